The summed E-state index contributed by atoms with van der Waals surface area (Å²) in [7, 11) is 1.86. The largest absolute Gasteiger partial charge is 0.264 e. The molecule has 0 saturated carbocycles. The maximum atomic E-state index is 6.27. The van der Waals surface area contributed by atoms with E-state index in [0.29, 0.717) is 17.4 Å². The third-order valence-electron chi connectivity index (χ3n) is 4.88. The van der Waals surface area contributed by atoms with Crippen molar-refractivity contribution in [2.45, 2.75) is 20.4 Å². The van der Waals surface area contributed by atoms with Gasteiger partial charge in [0.25, 0.3) is 0 Å². The standard InChI is InChI=1S/C19H17ClN8/c1-11-16(20)12(2)27(24-11)9-13-5-4-6-14(7-13)17-23-19-15-8-22-26(3)18(15)21-10-28(19)25-17/h4-8,10H,9H2,1-3H3. The van der Waals surface area contributed by atoms with Gasteiger partial charge >= 0.3 is 0 Å². The highest BCUT2D eigenvalue weighted by Crippen LogP contribution is 2.23. The minimum absolute atomic E-state index is 0.634. The smallest absolute Gasteiger partial charge is 0.182 e. The first-order chi connectivity index (χ1) is 13.5. The van der Waals surface area contributed by atoms with Crippen LogP contribution in [0.1, 0.15) is 17.0 Å². The third-order valence-corrected chi connectivity index (χ3v) is 5.43. The summed E-state index contributed by atoms with van der Waals surface area (Å²) in [5.74, 6) is 0.645. The van der Waals surface area contributed by atoms with E-state index in [9.17, 15) is 0 Å². The van der Waals surface area contributed by atoms with Gasteiger partial charge in [-0.15, -0.1) is 5.10 Å². The van der Waals surface area contributed by atoms with Crippen LogP contribution in [0.3, 0.4) is 0 Å². The molecule has 0 spiro atoms. The number of hydrogen-bond acceptors (Lipinski definition) is 5. The minimum Gasteiger partial charge on any atom is -0.264 e. The average molecular weight is 393 g/mol. The third kappa shape index (κ3) is 2.56. The fourth-order valence-corrected chi connectivity index (χ4v) is 3.51. The van der Waals surface area contributed by atoms with E-state index in [1.165, 1.54) is 0 Å². The predicted molar refractivity (Wildman–Crippen MR) is 106 cm³/mol. The van der Waals surface area contributed by atoms with E-state index in [1.54, 1.807) is 21.7 Å². The second-order valence-corrected chi connectivity index (χ2v) is 7.17. The molecule has 5 aromatic rings. The second kappa shape index (κ2) is 6.13. The summed E-state index contributed by atoms with van der Waals surface area (Å²) in [5.41, 5.74) is 5.35. The summed E-state index contributed by atoms with van der Waals surface area (Å²) in [6.07, 6.45) is 3.43. The molecule has 0 aliphatic rings. The summed E-state index contributed by atoms with van der Waals surface area (Å²) < 4.78 is 5.33. The molecule has 0 radical (unpaired) electrons. The summed E-state index contributed by atoms with van der Waals surface area (Å²) in [5, 5.41) is 14.9. The van der Waals surface area contributed by atoms with Crippen molar-refractivity contribution in [3.05, 3.63) is 58.8 Å². The van der Waals surface area contributed by atoms with Crippen LogP contribution < -0.4 is 0 Å². The SMILES string of the molecule is Cc1nn(Cc2cccc(-c3nc4c5cnn(C)c5ncn4n3)c2)c(C)c1Cl. The van der Waals surface area contributed by atoms with Crippen molar-refractivity contribution >= 4 is 28.3 Å². The zero-order valence-electron chi connectivity index (χ0n) is 15.6. The van der Waals surface area contributed by atoms with Crippen LogP contribution in [0.2, 0.25) is 5.02 Å². The Hall–Kier alpha value is -3.26. The number of aromatic nitrogens is 8. The van der Waals surface area contributed by atoms with Crippen LogP contribution in [-0.4, -0.2) is 39.1 Å². The fourth-order valence-electron chi connectivity index (χ4n) is 3.37. The summed E-state index contributed by atoms with van der Waals surface area (Å²) in [4.78, 5) is 9.13. The molecule has 0 bridgehead atoms. The van der Waals surface area contributed by atoms with Crippen LogP contribution in [0.5, 0.6) is 0 Å². The van der Waals surface area contributed by atoms with Gasteiger partial charge in [0.05, 0.1) is 34.5 Å². The van der Waals surface area contributed by atoms with Gasteiger partial charge in [-0.25, -0.2) is 14.5 Å². The summed E-state index contributed by atoms with van der Waals surface area (Å²) in [6, 6.07) is 8.14. The molecule has 28 heavy (non-hydrogen) atoms. The molecule has 0 aliphatic carbocycles. The molecule has 0 fully saturated rings. The van der Waals surface area contributed by atoms with Crippen molar-refractivity contribution in [1.29, 1.82) is 0 Å². The monoisotopic (exact) mass is 392 g/mol. The molecule has 4 heterocycles. The van der Waals surface area contributed by atoms with Crippen molar-refractivity contribution < 1.29 is 0 Å². The Bertz CT molecular complexity index is 1340. The first kappa shape index (κ1) is 16.9. The van der Waals surface area contributed by atoms with Gasteiger partial charge in [0, 0.05) is 12.6 Å². The first-order valence-electron chi connectivity index (χ1n) is 8.83. The van der Waals surface area contributed by atoms with Gasteiger partial charge in [0.1, 0.15) is 6.33 Å². The number of aryl methyl sites for hydroxylation is 2. The molecule has 0 atom stereocenters. The number of fused-ring (bicyclic) bond motifs is 3. The molecule has 140 valence electrons. The van der Waals surface area contributed by atoms with E-state index < -0.39 is 0 Å². The minimum atomic E-state index is 0.634. The molecule has 8 nitrogen and oxygen atoms in total. The van der Waals surface area contributed by atoms with Crippen molar-refractivity contribution in [3.63, 3.8) is 0 Å². The number of benzene rings is 1. The van der Waals surface area contributed by atoms with Crippen LogP contribution in [0, 0.1) is 13.8 Å². The van der Waals surface area contributed by atoms with E-state index >= 15 is 0 Å². The van der Waals surface area contributed by atoms with Crippen LogP contribution in [0.25, 0.3) is 28.1 Å². The Labute approximate surface area is 165 Å². The molecule has 0 unspecified atom stereocenters. The van der Waals surface area contributed by atoms with Gasteiger partial charge in [-0.3, -0.25) is 9.36 Å². The van der Waals surface area contributed by atoms with Crippen LogP contribution in [-0.2, 0) is 13.6 Å². The van der Waals surface area contributed by atoms with Crippen molar-refractivity contribution in [2.75, 3.05) is 0 Å². The normalized spacial score (nSPS) is 11.7. The average Bonchev–Trinajstić information content (AvgIpc) is 3.35. The van der Waals surface area contributed by atoms with Crippen molar-refractivity contribution in [1.82, 2.24) is 39.1 Å². The lowest BCUT2D eigenvalue weighted by Crippen LogP contribution is -2.04. The molecular formula is C19H17ClN8. The zero-order chi connectivity index (χ0) is 19.4. The first-order valence-corrected chi connectivity index (χ1v) is 9.21. The van der Waals surface area contributed by atoms with Gasteiger partial charge in [0.15, 0.2) is 17.1 Å². The lowest BCUT2D eigenvalue weighted by Gasteiger charge is -2.06. The van der Waals surface area contributed by atoms with Crippen LogP contribution in [0.4, 0.5) is 0 Å². The second-order valence-electron chi connectivity index (χ2n) is 6.80. The molecule has 4 aromatic heterocycles. The Morgan fingerprint density at radius 1 is 1.11 bits per heavy atom. The fraction of sp³-hybridized carbons (Fsp3) is 0.211. The Balaban J connectivity index is 1.55. The van der Waals surface area contributed by atoms with Crippen LogP contribution >= 0.6 is 11.6 Å². The topological polar surface area (TPSA) is 78.7 Å². The molecular weight excluding hydrogens is 376 g/mol. The lowest BCUT2D eigenvalue weighted by atomic mass is 10.1. The summed E-state index contributed by atoms with van der Waals surface area (Å²) >= 11 is 6.27. The van der Waals surface area contributed by atoms with E-state index in [1.807, 2.05) is 37.7 Å². The lowest BCUT2D eigenvalue weighted by molar-refractivity contribution is 0.659. The van der Waals surface area contributed by atoms with Gasteiger partial charge in [-0.2, -0.15) is 10.2 Å². The highest BCUT2D eigenvalue weighted by atomic mass is 35.5. The molecule has 0 amide bonds. The predicted octanol–water partition coefficient (Wildman–Crippen LogP) is 3.19. The molecule has 1 aromatic carbocycles. The Kier molecular flexibility index (Phi) is 3.70. The molecule has 5 rings (SSSR count). The van der Waals surface area contributed by atoms with Gasteiger partial charge in [0.2, 0.25) is 0 Å². The molecule has 0 N–H and O–H groups in total. The highest BCUT2D eigenvalue weighted by Gasteiger charge is 2.14. The summed E-state index contributed by atoms with van der Waals surface area (Å²) in [6.45, 7) is 4.52. The number of hydrogen-bond donors (Lipinski definition) is 0. The Morgan fingerprint density at radius 3 is 2.75 bits per heavy atom. The highest BCUT2D eigenvalue weighted by molar-refractivity contribution is 6.31. The van der Waals surface area contributed by atoms with E-state index in [-0.39, 0.29) is 0 Å². The van der Waals surface area contributed by atoms with Gasteiger partial charge in [-0.05, 0) is 25.5 Å². The van der Waals surface area contributed by atoms with E-state index in [2.05, 4.69) is 32.4 Å². The van der Waals surface area contributed by atoms with Crippen molar-refractivity contribution in [3.8, 4) is 11.4 Å². The van der Waals surface area contributed by atoms with Gasteiger partial charge in [-0.1, -0.05) is 29.8 Å². The zero-order valence-corrected chi connectivity index (χ0v) is 16.4. The number of rotatable bonds is 3. The van der Waals surface area contributed by atoms with Gasteiger partial charge < -0.3 is 0 Å². The van der Waals surface area contributed by atoms with E-state index in [4.69, 9.17) is 16.6 Å². The quantitative estimate of drug-likeness (QED) is 0.471. The van der Waals surface area contributed by atoms with Crippen LogP contribution in [0.15, 0.2) is 36.8 Å². The molecule has 9 heteroatoms. The number of nitrogens with zero attached hydrogens (tertiary/aromatic N) is 8. The Morgan fingerprint density at radius 2 is 1.96 bits per heavy atom. The molecule has 0 aliphatic heterocycles. The molecule has 0 saturated heterocycles. The van der Waals surface area contributed by atoms with Crippen molar-refractivity contribution in [2.24, 2.45) is 7.05 Å². The number of halogens is 1. The van der Waals surface area contributed by atoms with E-state index in [0.717, 1.165) is 39.2 Å². The maximum absolute atomic E-state index is 6.27. The maximum Gasteiger partial charge on any atom is 0.182 e.